The van der Waals surface area contributed by atoms with Crippen molar-refractivity contribution >= 4 is 23.2 Å². The van der Waals surface area contributed by atoms with Crippen LogP contribution in [0.25, 0.3) is 0 Å². The summed E-state index contributed by atoms with van der Waals surface area (Å²) in [5.74, 6) is -0.395. The second-order valence-electron chi connectivity index (χ2n) is 5.13. The third-order valence-electron chi connectivity index (χ3n) is 3.97. The lowest BCUT2D eigenvalue weighted by atomic mass is 10.1. The average molecular weight is 275 g/mol. The smallest absolute Gasteiger partial charge is 0.257 e. The van der Waals surface area contributed by atoms with E-state index in [0.29, 0.717) is 11.3 Å². The second-order valence-corrected chi connectivity index (χ2v) is 5.13. The number of likely N-dealkylation sites (N-methyl/N-ethyl adjacent to an activating group) is 1. The van der Waals surface area contributed by atoms with Gasteiger partial charge in [0, 0.05) is 30.5 Å². The Labute approximate surface area is 116 Å². The average Bonchev–Trinajstić information content (AvgIpc) is 3.04. The fraction of sp³-hybridized carbons (Fsp3) is 0.429. The van der Waals surface area contributed by atoms with E-state index in [4.69, 9.17) is 0 Å². The molecule has 6 heteroatoms. The number of nitrogens with one attached hydrogen (secondary N) is 2. The van der Waals surface area contributed by atoms with E-state index in [-0.39, 0.29) is 11.9 Å². The first kappa shape index (κ1) is 12.9. The van der Waals surface area contributed by atoms with Crippen LogP contribution in [0.2, 0.25) is 0 Å². The Morgan fingerprint density at radius 3 is 3.05 bits per heavy atom. The Bertz CT molecular complexity index is 573. The first-order valence-corrected chi connectivity index (χ1v) is 6.73. The van der Waals surface area contributed by atoms with Gasteiger partial charge in [0.25, 0.3) is 5.91 Å². The number of hydrogen-bond acceptors (Lipinski definition) is 4. The Balaban J connectivity index is 1.90. The Morgan fingerprint density at radius 2 is 2.30 bits per heavy atom. The number of amides is 2. The molecule has 0 spiro atoms. The molecule has 0 radical (unpaired) electrons. The van der Waals surface area contributed by atoms with Crippen LogP contribution >= 0.6 is 0 Å². The molecule has 1 aromatic carbocycles. The van der Waals surface area contributed by atoms with Gasteiger partial charge in [0.1, 0.15) is 6.04 Å². The van der Waals surface area contributed by atoms with E-state index >= 15 is 0 Å². The van der Waals surface area contributed by atoms with Crippen molar-refractivity contribution in [2.45, 2.75) is 25.0 Å². The summed E-state index contributed by atoms with van der Waals surface area (Å²) in [4.78, 5) is 25.4. The Hall–Kier alpha value is -2.08. The molecule has 2 aliphatic heterocycles. The number of carbonyl (C=O) groups excluding carboxylic acids is 2. The highest BCUT2D eigenvalue weighted by molar-refractivity contribution is 6.02. The number of aliphatic hydroxyl groups excluding tert-OH is 1. The first-order valence-electron chi connectivity index (χ1n) is 6.73. The molecule has 2 amide bonds. The first-order chi connectivity index (χ1) is 9.61. The molecule has 0 aliphatic carbocycles. The molecule has 106 valence electrons. The highest BCUT2D eigenvalue weighted by Gasteiger charge is 2.33. The van der Waals surface area contributed by atoms with Crippen molar-refractivity contribution < 1.29 is 14.7 Å². The molecule has 3 N–H and O–H groups in total. The topological polar surface area (TPSA) is 81.7 Å². The van der Waals surface area contributed by atoms with Gasteiger partial charge in [0.15, 0.2) is 6.10 Å². The van der Waals surface area contributed by atoms with Crippen molar-refractivity contribution in [2.24, 2.45) is 0 Å². The standard InChI is InChI=1S/C14H17N3O3/c1-15-13(19)11-3-2-6-17(11)8-4-5-9-10(7-8)16-14(20)12(9)18/h4-5,7,11-12,18H,2-3,6H2,1H3,(H,15,19)(H,16,20). The van der Waals surface area contributed by atoms with Gasteiger partial charge in [-0.05, 0) is 25.0 Å². The number of fused-ring (bicyclic) bond motifs is 1. The molecule has 2 heterocycles. The van der Waals surface area contributed by atoms with Gasteiger partial charge in [-0.15, -0.1) is 0 Å². The monoisotopic (exact) mass is 275 g/mol. The summed E-state index contributed by atoms with van der Waals surface area (Å²) in [6.07, 6.45) is 0.697. The quantitative estimate of drug-likeness (QED) is 0.729. The van der Waals surface area contributed by atoms with Gasteiger partial charge in [-0.1, -0.05) is 6.07 Å². The van der Waals surface area contributed by atoms with Crippen LogP contribution in [0, 0.1) is 0 Å². The maximum atomic E-state index is 11.9. The van der Waals surface area contributed by atoms with Crippen LogP contribution in [0.5, 0.6) is 0 Å². The predicted octanol–water partition coefficient (Wildman–Crippen LogP) is 0.387. The summed E-state index contributed by atoms with van der Waals surface area (Å²) >= 11 is 0. The highest BCUT2D eigenvalue weighted by atomic mass is 16.3. The molecule has 3 rings (SSSR count). The fourth-order valence-electron chi connectivity index (χ4n) is 2.93. The molecule has 6 nitrogen and oxygen atoms in total. The van der Waals surface area contributed by atoms with E-state index in [1.165, 1.54) is 0 Å². The molecule has 2 unspecified atom stereocenters. The Morgan fingerprint density at radius 1 is 1.50 bits per heavy atom. The summed E-state index contributed by atoms with van der Waals surface area (Å²) in [5.41, 5.74) is 2.11. The number of nitrogens with zero attached hydrogens (tertiary/aromatic N) is 1. The van der Waals surface area contributed by atoms with Gasteiger partial charge < -0.3 is 20.6 Å². The maximum Gasteiger partial charge on any atom is 0.257 e. The second kappa shape index (κ2) is 4.79. The van der Waals surface area contributed by atoms with Gasteiger partial charge >= 0.3 is 0 Å². The van der Waals surface area contributed by atoms with Crippen molar-refractivity contribution in [1.29, 1.82) is 0 Å². The van der Waals surface area contributed by atoms with Crippen LogP contribution in [0.4, 0.5) is 11.4 Å². The van der Waals surface area contributed by atoms with Crippen molar-refractivity contribution in [3.8, 4) is 0 Å². The van der Waals surface area contributed by atoms with Crippen LogP contribution in [0.15, 0.2) is 18.2 Å². The molecule has 2 atom stereocenters. The molecule has 1 fully saturated rings. The summed E-state index contributed by atoms with van der Waals surface area (Å²) in [7, 11) is 1.64. The van der Waals surface area contributed by atoms with Crippen LogP contribution in [-0.2, 0) is 9.59 Å². The van der Waals surface area contributed by atoms with Gasteiger partial charge in [-0.3, -0.25) is 9.59 Å². The normalized spacial score (nSPS) is 24.5. The molecule has 1 aromatic rings. The molecule has 0 bridgehead atoms. The zero-order chi connectivity index (χ0) is 14.3. The fourth-order valence-corrected chi connectivity index (χ4v) is 2.93. The molecule has 1 saturated heterocycles. The zero-order valence-electron chi connectivity index (χ0n) is 11.2. The molecule has 0 saturated carbocycles. The van der Waals surface area contributed by atoms with Crippen LogP contribution in [0.3, 0.4) is 0 Å². The summed E-state index contributed by atoms with van der Waals surface area (Å²) in [6.45, 7) is 0.813. The number of hydrogen-bond donors (Lipinski definition) is 3. The lowest BCUT2D eigenvalue weighted by Gasteiger charge is -2.26. The third-order valence-corrected chi connectivity index (χ3v) is 3.97. The minimum atomic E-state index is -1.09. The van der Waals surface area contributed by atoms with Crippen molar-refractivity contribution in [3.05, 3.63) is 23.8 Å². The lowest BCUT2D eigenvalue weighted by Crippen LogP contribution is -2.42. The van der Waals surface area contributed by atoms with Gasteiger partial charge in [-0.2, -0.15) is 0 Å². The van der Waals surface area contributed by atoms with Gasteiger partial charge in [0.05, 0.1) is 0 Å². The van der Waals surface area contributed by atoms with E-state index in [1.54, 1.807) is 13.1 Å². The summed E-state index contributed by atoms with van der Waals surface area (Å²) < 4.78 is 0. The number of benzene rings is 1. The number of carbonyl (C=O) groups is 2. The van der Waals surface area contributed by atoms with E-state index in [9.17, 15) is 14.7 Å². The van der Waals surface area contributed by atoms with Gasteiger partial charge in [0.2, 0.25) is 5.91 Å². The Kier molecular flexibility index (Phi) is 3.10. The summed E-state index contributed by atoms with van der Waals surface area (Å²) in [5, 5.41) is 15.0. The molecular weight excluding hydrogens is 258 g/mol. The lowest BCUT2D eigenvalue weighted by molar-refractivity contribution is -0.123. The van der Waals surface area contributed by atoms with E-state index in [1.807, 2.05) is 17.0 Å². The van der Waals surface area contributed by atoms with Crippen LogP contribution in [-0.4, -0.2) is 36.6 Å². The number of anilines is 2. The predicted molar refractivity (Wildman–Crippen MR) is 74.5 cm³/mol. The molecule has 20 heavy (non-hydrogen) atoms. The van der Waals surface area contributed by atoms with Crippen LogP contribution in [0.1, 0.15) is 24.5 Å². The van der Waals surface area contributed by atoms with E-state index in [2.05, 4.69) is 10.6 Å². The number of rotatable bonds is 2. The van der Waals surface area contributed by atoms with E-state index in [0.717, 1.165) is 25.1 Å². The van der Waals surface area contributed by atoms with Crippen molar-refractivity contribution in [1.82, 2.24) is 5.32 Å². The molecule has 0 aromatic heterocycles. The minimum absolute atomic E-state index is 0.00655. The van der Waals surface area contributed by atoms with E-state index < -0.39 is 12.0 Å². The third kappa shape index (κ3) is 1.92. The van der Waals surface area contributed by atoms with Crippen molar-refractivity contribution in [2.75, 3.05) is 23.8 Å². The number of aliphatic hydroxyl groups is 1. The zero-order valence-corrected chi connectivity index (χ0v) is 11.2. The molecule has 2 aliphatic rings. The van der Waals surface area contributed by atoms with Crippen LogP contribution < -0.4 is 15.5 Å². The maximum absolute atomic E-state index is 11.9. The minimum Gasteiger partial charge on any atom is -0.378 e. The summed E-state index contributed by atoms with van der Waals surface area (Å²) in [6, 6.07) is 5.25. The molecular formula is C14H17N3O3. The largest absolute Gasteiger partial charge is 0.378 e. The van der Waals surface area contributed by atoms with Gasteiger partial charge in [-0.25, -0.2) is 0 Å². The van der Waals surface area contributed by atoms with Crippen molar-refractivity contribution in [3.63, 3.8) is 0 Å². The SMILES string of the molecule is CNC(=O)C1CCCN1c1ccc2c(c1)NC(=O)C2O. The highest BCUT2D eigenvalue weighted by Crippen LogP contribution is 2.35.